The molecule has 5 aliphatic rings. The van der Waals surface area contributed by atoms with Gasteiger partial charge in [0.15, 0.2) is 0 Å². The second kappa shape index (κ2) is 10.7. The lowest BCUT2D eigenvalue weighted by Crippen LogP contribution is -2.70. The van der Waals surface area contributed by atoms with Crippen LogP contribution < -0.4 is 0 Å². The topological polar surface area (TPSA) is 61.8 Å². The van der Waals surface area contributed by atoms with Crippen LogP contribution in [0.1, 0.15) is 124 Å². The van der Waals surface area contributed by atoms with Crippen molar-refractivity contribution in [3.63, 3.8) is 0 Å². The number of fused-ring (bicyclic) bond motifs is 7. The maximum Gasteiger partial charge on any atom is 0.338 e. The van der Waals surface area contributed by atoms with Gasteiger partial charge in [0.2, 0.25) is 0 Å². The summed E-state index contributed by atoms with van der Waals surface area (Å²) in [5.41, 5.74) is 1.61. The number of hydrogen-bond acceptors (Lipinski definition) is 5. The maximum atomic E-state index is 13.9. The minimum Gasteiger partial charge on any atom is -0.463 e. The second-order valence-corrected chi connectivity index (χ2v) is 16.8. The third-order valence-electron chi connectivity index (χ3n) is 14.9. The van der Waals surface area contributed by atoms with Gasteiger partial charge in [0.1, 0.15) is 12.2 Å². The number of carbonyl (C=O) groups excluding carboxylic acids is 2. The zero-order chi connectivity index (χ0) is 31.9. The number of rotatable bonds is 6. The molecule has 6 rings (SSSR count). The molecule has 1 aromatic carbocycles. The van der Waals surface area contributed by atoms with Crippen molar-refractivity contribution in [1.82, 2.24) is 0 Å². The molecule has 1 unspecified atom stereocenters. The molecule has 1 aromatic rings. The van der Waals surface area contributed by atoms with Gasteiger partial charge in [0.25, 0.3) is 0 Å². The van der Waals surface area contributed by atoms with E-state index in [4.69, 9.17) is 14.2 Å². The zero-order valence-electron chi connectivity index (χ0n) is 28.5. The molecule has 1 aliphatic heterocycles. The summed E-state index contributed by atoms with van der Waals surface area (Å²) in [5.74, 6) is 0.824. The van der Waals surface area contributed by atoms with Crippen molar-refractivity contribution < 1.29 is 23.8 Å². The molecule has 0 aromatic heterocycles. The molecular weight excluding hydrogens is 548 g/mol. The predicted molar refractivity (Wildman–Crippen MR) is 173 cm³/mol. The average molecular weight is 605 g/mol. The van der Waals surface area contributed by atoms with Gasteiger partial charge in [-0.3, -0.25) is 4.79 Å². The first-order valence-electron chi connectivity index (χ1n) is 17.3. The average Bonchev–Trinajstić information content (AvgIpc) is 3.38. The molecule has 0 spiro atoms. The summed E-state index contributed by atoms with van der Waals surface area (Å²) < 4.78 is 19.6. The van der Waals surface area contributed by atoms with Crippen molar-refractivity contribution in [2.24, 2.45) is 44.8 Å². The normalized spacial score (nSPS) is 47.5. The van der Waals surface area contributed by atoms with Crippen LogP contribution in [-0.4, -0.2) is 36.4 Å². The highest BCUT2D eigenvalue weighted by Crippen LogP contribution is 2.80. The van der Waals surface area contributed by atoms with Gasteiger partial charge in [-0.2, -0.15) is 0 Å². The monoisotopic (exact) mass is 604 g/mol. The SMILES string of the molecule is C=C(C)CC[C@H]1O[C@H]2C[C@@]3(C)C4CC[C@@]5(C)C[C@@H](OC(C)=O)CC[C@]5(C)[C@@]4(C)C[C@@H](OC(=O)c4ccccc4)[C@]3(C)[C@H]2[C@@H]1C. The largest absolute Gasteiger partial charge is 0.463 e. The van der Waals surface area contributed by atoms with Gasteiger partial charge in [0.05, 0.1) is 17.8 Å². The van der Waals surface area contributed by atoms with Gasteiger partial charge < -0.3 is 14.2 Å². The van der Waals surface area contributed by atoms with E-state index in [1.165, 1.54) is 12.5 Å². The van der Waals surface area contributed by atoms with Crippen molar-refractivity contribution >= 4 is 11.9 Å². The van der Waals surface area contributed by atoms with Gasteiger partial charge in [-0.15, -0.1) is 6.58 Å². The zero-order valence-corrected chi connectivity index (χ0v) is 28.5. The number of esters is 2. The molecule has 44 heavy (non-hydrogen) atoms. The number of hydrogen-bond donors (Lipinski definition) is 0. The molecule has 0 radical (unpaired) electrons. The molecule has 5 nitrogen and oxygen atoms in total. The van der Waals surface area contributed by atoms with Gasteiger partial charge >= 0.3 is 11.9 Å². The lowest BCUT2D eigenvalue weighted by molar-refractivity contribution is -0.274. The van der Waals surface area contributed by atoms with Crippen molar-refractivity contribution in [1.29, 1.82) is 0 Å². The summed E-state index contributed by atoms with van der Waals surface area (Å²) in [4.78, 5) is 25.8. The first-order valence-corrected chi connectivity index (χ1v) is 17.3. The number of carbonyl (C=O) groups is 2. The van der Waals surface area contributed by atoms with E-state index in [1.807, 2.05) is 30.3 Å². The predicted octanol–water partition coefficient (Wildman–Crippen LogP) is 8.95. The fourth-order valence-electron chi connectivity index (χ4n) is 12.3. The highest BCUT2D eigenvalue weighted by Gasteiger charge is 2.78. The molecule has 1 saturated heterocycles. The Morgan fingerprint density at radius 1 is 0.932 bits per heavy atom. The fourth-order valence-corrected chi connectivity index (χ4v) is 12.3. The lowest BCUT2D eigenvalue weighted by atomic mass is 9.31. The van der Waals surface area contributed by atoms with Crippen molar-refractivity contribution in [3.8, 4) is 0 Å². The molecule has 4 saturated carbocycles. The molecule has 1 heterocycles. The van der Waals surface area contributed by atoms with E-state index in [0.29, 0.717) is 23.3 Å². The summed E-state index contributed by atoms with van der Waals surface area (Å²) in [6.07, 6.45) is 9.13. The molecule has 242 valence electrons. The highest BCUT2D eigenvalue weighted by atomic mass is 16.5. The second-order valence-electron chi connectivity index (χ2n) is 16.8. The minimum absolute atomic E-state index is 0.0157. The Balaban J connectivity index is 1.41. The highest BCUT2D eigenvalue weighted by molar-refractivity contribution is 5.89. The Hall–Kier alpha value is -2.14. The first-order chi connectivity index (χ1) is 20.6. The molecule has 4 aliphatic carbocycles. The van der Waals surface area contributed by atoms with Crippen LogP contribution in [0.25, 0.3) is 0 Å². The van der Waals surface area contributed by atoms with Gasteiger partial charge in [-0.25, -0.2) is 4.79 Å². The summed E-state index contributed by atoms with van der Waals surface area (Å²) in [7, 11) is 0. The van der Waals surface area contributed by atoms with E-state index in [0.717, 1.165) is 57.8 Å². The third-order valence-corrected chi connectivity index (χ3v) is 14.9. The Morgan fingerprint density at radius 2 is 1.64 bits per heavy atom. The van der Waals surface area contributed by atoms with E-state index in [1.54, 1.807) is 0 Å². The van der Waals surface area contributed by atoms with Crippen LogP contribution in [0.4, 0.5) is 0 Å². The van der Waals surface area contributed by atoms with Crippen LogP contribution in [0.3, 0.4) is 0 Å². The number of ether oxygens (including phenoxy) is 3. The van der Waals surface area contributed by atoms with Crippen LogP contribution in [0.5, 0.6) is 0 Å². The van der Waals surface area contributed by atoms with Crippen LogP contribution in [0.2, 0.25) is 0 Å². The van der Waals surface area contributed by atoms with Crippen molar-refractivity contribution in [2.45, 2.75) is 138 Å². The number of allylic oxidation sites excluding steroid dienone is 1. The Morgan fingerprint density at radius 3 is 2.30 bits per heavy atom. The van der Waals surface area contributed by atoms with Crippen LogP contribution in [0.15, 0.2) is 42.5 Å². The van der Waals surface area contributed by atoms with Crippen molar-refractivity contribution in [2.75, 3.05) is 0 Å². The molecule has 0 N–H and O–H groups in total. The van der Waals surface area contributed by atoms with Gasteiger partial charge in [-0.1, -0.05) is 65.3 Å². The van der Waals surface area contributed by atoms with Crippen molar-refractivity contribution in [3.05, 3.63) is 48.0 Å². The van der Waals surface area contributed by atoms with Crippen LogP contribution in [-0.2, 0) is 19.0 Å². The molecular formula is C39H56O5. The van der Waals surface area contributed by atoms with E-state index in [9.17, 15) is 9.59 Å². The standard InChI is InChI=1S/C39H56O5/c1-24(2)15-16-29-25(3)33-30(43-29)22-37(7)31-18-19-35(5)21-28(42-26(4)40)17-20-38(35,8)36(31,6)23-32(39(33,37)9)44-34(41)27-13-11-10-12-14-27/h10-14,25,28-33H,1,15-23H2,2-9H3/t25-,28+,29-,30+,31?,32-,33+,35+,36+,37+,38+,39-/m1/s1. The van der Waals surface area contributed by atoms with Crippen LogP contribution in [0, 0.1) is 44.8 Å². The molecule has 5 heteroatoms. The smallest absolute Gasteiger partial charge is 0.338 e. The Bertz CT molecular complexity index is 1310. The van der Waals surface area contributed by atoms with Gasteiger partial charge in [-0.05, 0) is 116 Å². The van der Waals surface area contributed by atoms with E-state index >= 15 is 0 Å². The quantitative estimate of drug-likeness (QED) is 0.240. The summed E-state index contributed by atoms with van der Waals surface area (Å²) >= 11 is 0. The first kappa shape index (κ1) is 31.8. The molecule has 0 bridgehead atoms. The Kier molecular flexibility index (Phi) is 7.75. The van der Waals surface area contributed by atoms with Crippen LogP contribution >= 0.6 is 0 Å². The summed E-state index contributed by atoms with van der Waals surface area (Å²) in [6.45, 7) is 22.7. The van der Waals surface area contributed by atoms with E-state index < -0.39 is 0 Å². The molecule has 0 amide bonds. The minimum atomic E-state index is -0.215. The molecule has 5 fully saturated rings. The third kappa shape index (κ3) is 4.41. The van der Waals surface area contributed by atoms with Gasteiger partial charge in [0, 0.05) is 12.3 Å². The summed E-state index contributed by atoms with van der Waals surface area (Å²) in [6, 6.07) is 9.53. The Labute approximate surface area is 265 Å². The maximum absolute atomic E-state index is 13.9. The van der Waals surface area contributed by atoms with E-state index in [2.05, 4.69) is 55.0 Å². The molecule has 12 atom stereocenters. The lowest BCUT2D eigenvalue weighted by Gasteiger charge is -2.73. The van der Waals surface area contributed by atoms with E-state index in [-0.39, 0.29) is 63.4 Å². The summed E-state index contributed by atoms with van der Waals surface area (Å²) in [5, 5.41) is 0. The number of benzene rings is 1. The fraction of sp³-hybridized carbons (Fsp3) is 0.744.